The molecule has 0 radical (unpaired) electrons. The number of carbonyl (C=O) groups excluding carboxylic acids is 1. The third-order valence-corrected chi connectivity index (χ3v) is 5.71. The summed E-state index contributed by atoms with van der Waals surface area (Å²) in [7, 11) is -3.76. The lowest BCUT2D eigenvalue weighted by atomic mass is 10.1. The van der Waals surface area contributed by atoms with E-state index in [1.54, 1.807) is 0 Å². The molecule has 7 nitrogen and oxygen atoms in total. The molecular weight excluding hydrogens is 468 g/mol. The fraction of sp³-hybridized carbons (Fsp3) is 0.296. The van der Waals surface area contributed by atoms with Gasteiger partial charge in [-0.15, -0.1) is 0 Å². The van der Waals surface area contributed by atoms with E-state index in [0.717, 1.165) is 22.9 Å². The Morgan fingerprint density at radius 1 is 0.686 bits per heavy atom. The van der Waals surface area contributed by atoms with Crippen LogP contribution in [0.4, 0.5) is 0 Å². The zero-order valence-corrected chi connectivity index (χ0v) is 20.4. The molecule has 0 aliphatic carbocycles. The monoisotopic (exact) mass is 498 g/mol. The van der Waals surface area contributed by atoms with E-state index in [4.69, 9.17) is 18.4 Å². The van der Waals surface area contributed by atoms with Gasteiger partial charge in [0.25, 0.3) is 10.1 Å². The minimum Gasteiger partial charge on any atom is -0.368 e. The normalized spacial score (nSPS) is 14.2. The van der Waals surface area contributed by atoms with E-state index >= 15 is 0 Å². The van der Waals surface area contributed by atoms with Crippen LogP contribution in [0, 0.1) is 0 Å². The number of hydrogen-bond acceptors (Lipinski definition) is 7. The molecule has 3 aromatic rings. The maximum Gasteiger partial charge on any atom is 0.264 e. The van der Waals surface area contributed by atoms with Crippen molar-refractivity contribution >= 4 is 16.4 Å². The van der Waals surface area contributed by atoms with Gasteiger partial charge in [0.1, 0.15) is 18.3 Å². The quantitative estimate of drug-likeness (QED) is 0.232. The lowest BCUT2D eigenvalue weighted by molar-refractivity contribution is -0.163. The van der Waals surface area contributed by atoms with Gasteiger partial charge >= 0.3 is 0 Å². The lowest BCUT2D eigenvalue weighted by Gasteiger charge is -2.31. The molecule has 0 aliphatic rings. The van der Waals surface area contributed by atoms with Crippen molar-refractivity contribution in [1.29, 1.82) is 0 Å². The summed E-state index contributed by atoms with van der Waals surface area (Å²) in [5.41, 5.74) is 2.65. The van der Waals surface area contributed by atoms with Gasteiger partial charge in [0.2, 0.25) is 0 Å². The zero-order chi connectivity index (χ0) is 24.9. The molecule has 0 fully saturated rings. The average molecular weight is 499 g/mol. The summed E-state index contributed by atoms with van der Waals surface area (Å²) < 4.78 is 46.7. The van der Waals surface area contributed by atoms with Crippen LogP contribution in [0.25, 0.3) is 0 Å². The molecule has 0 N–H and O–H groups in total. The summed E-state index contributed by atoms with van der Waals surface area (Å²) in [5, 5.41) is 0. The van der Waals surface area contributed by atoms with Crippen molar-refractivity contribution in [2.45, 2.75) is 38.1 Å². The zero-order valence-electron chi connectivity index (χ0n) is 19.6. The van der Waals surface area contributed by atoms with Crippen LogP contribution in [0.15, 0.2) is 91.0 Å². The molecule has 3 atom stereocenters. The fourth-order valence-electron chi connectivity index (χ4n) is 3.36. The molecule has 0 saturated heterocycles. The van der Waals surface area contributed by atoms with E-state index in [1.807, 2.05) is 91.0 Å². The van der Waals surface area contributed by atoms with Crippen LogP contribution in [0.2, 0.25) is 0 Å². The fourth-order valence-corrected chi connectivity index (χ4v) is 3.75. The second-order valence-corrected chi connectivity index (χ2v) is 9.63. The SMILES string of the molecule is CS(=O)(=O)OC[C@@H](OCc1ccccc1)[C@H](OCc1ccccc1)[C@H](C=O)OCc1ccccc1. The highest BCUT2D eigenvalue weighted by molar-refractivity contribution is 7.85. The van der Waals surface area contributed by atoms with Crippen molar-refractivity contribution in [1.82, 2.24) is 0 Å². The molecular formula is C27H30O7S. The molecule has 0 aliphatic heterocycles. The minimum atomic E-state index is -3.76. The Bertz CT molecular complexity index is 1110. The third kappa shape index (κ3) is 9.71. The lowest BCUT2D eigenvalue weighted by Crippen LogP contribution is -2.46. The second-order valence-electron chi connectivity index (χ2n) is 7.98. The van der Waals surface area contributed by atoms with Gasteiger partial charge in [0.15, 0.2) is 6.29 Å². The summed E-state index contributed by atoms with van der Waals surface area (Å²) in [4.78, 5) is 12.1. The first-order valence-corrected chi connectivity index (χ1v) is 13.0. The molecule has 186 valence electrons. The van der Waals surface area contributed by atoms with Crippen molar-refractivity contribution in [2.75, 3.05) is 12.9 Å². The first kappa shape index (κ1) is 26.7. The molecule has 0 heterocycles. The first-order chi connectivity index (χ1) is 16.9. The molecule has 0 bridgehead atoms. The van der Waals surface area contributed by atoms with Crippen LogP contribution in [-0.2, 0) is 53.1 Å². The predicted molar refractivity (Wildman–Crippen MR) is 132 cm³/mol. The smallest absolute Gasteiger partial charge is 0.264 e. The van der Waals surface area contributed by atoms with Crippen molar-refractivity contribution in [3.8, 4) is 0 Å². The number of carbonyl (C=O) groups is 1. The molecule has 35 heavy (non-hydrogen) atoms. The second kappa shape index (κ2) is 13.9. The number of ether oxygens (including phenoxy) is 3. The van der Waals surface area contributed by atoms with Crippen LogP contribution in [0.5, 0.6) is 0 Å². The molecule has 0 saturated carbocycles. The third-order valence-electron chi connectivity index (χ3n) is 5.15. The van der Waals surface area contributed by atoms with Crippen LogP contribution in [0.3, 0.4) is 0 Å². The van der Waals surface area contributed by atoms with Crippen LogP contribution < -0.4 is 0 Å². The van der Waals surface area contributed by atoms with Crippen molar-refractivity contribution in [2.24, 2.45) is 0 Å². The maximum atomic E-state index is 12.1. The van der Waals surface area contributed by atoms with E-state index in [9.17, 15) is 13.2 Å². The number of benzene rings is 3. The summed E-state index contributed by atoms with van der Waals surface area (Å²) in [6.45, 7) is 0.195. The van der Waals surface area contributed by atoms with Gasteiger partial charge < -0.3 is 19.0 Å². The highest BCUT2D eigenvalue weighted by atomic mass is 32.2. The molecule has 3 aromatic carbocycles. The molecule has 0 amide bonds. The highest BCUT2D eigenvalue weighted by Gasteiger charge is 2.33. The average Bonchev–Trinajstić information content (AvgIpc) is 2.88. The predicted octanol–water partition coefficient (Wildman–Crippen LogP) is 3.92. The standard InChI is InChI=1S/C27H30O7S/c1-35(29,30)34-21-26(32-19-23-13-7-3-8-14-23)27(33-20-24-15-9-4-10-16-24)25(17-28)31-18-22-11-5-2-6-12-22/h2-17,25-27H,18-21H2,1H3/t25-,26+,27+/m0/s1. The Kier molecular flexibility index (Phi) is 10.6. The van der Waals surface area contributed by atoms with Gasteiger partial charge in [-0.2, -0.15) is 8.42 Å². The summed E-state index contributed by atoms with van der Waals surface area (Å²) in [6.07, 6.45) is -1.24. The van der Waals surface area contributed by atoms with Gasteiger partial charge in [-0.3, -0.25) is 4.18 Å². The van der Waals surface area contributed by atoms with E-state index < -0.39 is 28.4 Å². The number of rotatable bonds is 15. The van der Waals surface area contributed by atoms with Crippen LogP contribution in [-0.4, -0.2) is 45.9 Å². The largest absolute Gasteiger partial charge is 0.368 e. The Labute approximate surface area is 206 Å². The Balaban J connectivity index is 1.82. The summed E-state index contributed by atoms with van der Waals surface area (Å²) >= 11 is 0. The minimum absolute atomic E-state index is 0.174. The molecule has 8 heteroatoms. The van der Waals surface area contributed by atoms with Crippen molar-refractivity contribution in [3.63, 3.8) is 0 Å². The van der Waals surface area contributed by atoms with Crippen LogP contribution >= 0.6 is 0 Å². The van der Waals surface area contributed by atoms with Gasteiger partial charge in [0.05, 0.1) is 32.7 Å². The summed E-state index contributed by atoms with van der Waals surface area (Å²) in [5.74, 6) is 0. The highest BCUT2D eigenvalue weighted by Crippen LogP contribution is 2.19. The first-order valence-electron chi connectivity index (χ1n) is 11.2. The number of aldehydes is 1. The van der Waals surface area contributed by atoms with E-state index in [1.165, 1.54) is 0 Å². The Morgan fingerprint density at radius 2 is 1.11 bits per heavy atom. The topological polar surface area (TPSA) is 88.1 Å². The Hall–Kier alpha value is -2.88. The molecule has 0 spiro atoms. The number of hydrogen-bond donors (Lipinski definition) is 0. The van der Waals surface area contributed by atoms with Crippen molar-refractivity contribution < 1.29 is 31.6 Å². The van der Waals surface area contributed by atoms with Crippen LogP contribution in [0.1, 0.15) is 16.7 Å². The van der Waals surface area contributed by atoms with Gasteiger partial charge in [-0.05, 0) is 16.7 Å². The van der Waals surface area contributed by atoms with Crippen molar-refractivity contribution in [3.05, 3.63) is 108 Å². The van der Waals surface area contributed by atoms with E-state index in [-0.39, 0.29) is 26.4 Å². The molecule has 0 unspecified atom stereocenters. The maximum absolute atomic E-state index is 12.1. The van der Waals surface area contributed by atoms with E-state index in [0.29, 0.717) is 6.29 Å². The van der Waals surface area contributed by atoms with Gasteiger partial charge in [-0.25, -0.2) is 0 Å². The van der Waals surface area contributed by atoms with Gasteiger partial charge in [-0.1, -0.05) is 91.0 Å². The molecule has 3 rings (SSSR count). The van der Waals surface area contributed by atoms with Gasteiger partial charge in [0, 0.05) is 0 Å². The Morgan fingerprint density at radius 3 is 1.54 bits per heavy atom. The summed E-state index contributed by atoms with van der Waals surface area (Å²) in [6, 6.07) is 28.3. The molecule has 0 aromatic heterocycles. The van der Waals surface area contributed by atoms with E-state index in [2.05, 4.69) is 0 Å².